The average Bonchev–Trinajstić information content (AvgIpc) is 3.38. The number of aromatic nitrogens is 2. The van der Waals surface area contributed by atoms with Crippen molar-refractivity contribution < 1.29 is 23.0 Å². The van der Waals surface area contributed by atoms with Crippen molar-refractivity contribution >= 4 is 34.3 Å². The van der Waals surface area contributed by atoms with E-state index in [9.17, 15) is 13.6 Å². The van der Waals surface area contributed by atoms with Gasteiger partial charge in [-0.15, -0.1) is 11.8 Å². The van der Waals surface area contributed by atoms with Crippen LogP contribution in [0.1, 0.15) is 23.0 Å². The Kier molecular flexibility index (Phi) is 6.10. The van der Waals surface area contributed by atoms with E-state index in [1.807, 2.05) is 25.2 Å². The molecule has 0 amide bonds. The number of hydrogen-bond donors (Lipinski definition) is 0. The Hall–Kier alpha value is -3.59. The predicted molar refractivity (Wildman–Crippen MR) is 132 cm³/mol. The minimum absolute atomic E-state index is 0.0125. The molecule has 180 valence electrons. The Bertz CT molecular complexity index is 1450. The fourth-order valence-corrected chi connectivity index (χ4v) is 5.67. The minimum Gasteiger partial charge on any atom is -0.481 e. The zero-order chi connectivity index (χ0) is 24.7. The third kappa shape index (κ3) is 3.89. The van der Waals surface area contributed by atoms with E-state index >= 15 is 0 Å². The summed E-state index contributed by atoms with van der Waals surface area (Å²) < 4.78 is 41.1. The number of hydrogen-bond acceptors (Lipinski definition) is 6. The second kappa shape index (κ2) is 9.22. The number of thioether (sulfide) groups is 1. The molecule has 4 aromatic rings. The Morgan fingerprint density at radius 2 is 2.03 bits per heavy atom. The molecule has 5 rings (SSSR count). The highest BCUT2D eigenvalue weighted by Gasteiger charge is 2.32. The first-order chi connectivity index (χ1) is 16.9. The van der Waals surface area contributed by atoms with Gasteiger partial charge in [0.05, 0.1) is 37.3 Å². The van der Waals surface area contributed by atoms with Crippen molar-refractivity contribution in [2.45, 2.75) is 18.4 Å². The normalized spacial score (nSPS) is 12.8. The fourth-order valence-electron chi connectivity index (χ4n) is 4.48. The van der Waals surface area contributed by atoms with Gasteiger partial charge in [0.25, 0.3) is 0 Å². The number of anilines is 1. The molecule has 0 atom stereocenters. The number of halogens is 2. The van der Waals surface area contributed by atoms with Gasteiger partial charge in [-0.2, -0.15) is 0 Å². The zero-order valence-corrected chi connectivity index (χ0v) is 20.3. The number of nitrogens with zero attached hydrogens (tertiary/aromatic N) is 3. The van der Waals surface area contributed by atoms with Gasteiger partial charge >= 0.3 is 5.97 Å². The van der Waals surface area contributed by atoms with Gasteiger partial charge in [-0.25, -0.2) is 18.6 Å². The van der Waals surface area contributed by atoms with Gasteiger partial charge in [-0.1, -0.05) is 6.07 Å². The maximum atomic E-state index is 14.7. The maximum absolute atomic E-state index is 14.7. The second-order valence-electron chi connectivity index (χ2n) is 8.11. The molecule has 0 aliphatic carbocycles. The second-order valence-corrected chi connectivity index (χ2v) is 9.06. The molecule has 2 aromatic heterocycles. The van der Waals surface area contributed by atoms with Crippen LogP contribution in [-0.2, 0) is 11.3 Å². The number of benzene rings is 2. The van der Waals surface area contributed by atoms with Gasteiger partial charge in [0.1, 0.15) is 17.3 Å². The van der Waals surface area contributed by atoms with Gasteiger partial charge in [0, 0.05) is 46.3 Å². The van der Waals surface area contributed by atoms with Crippen molar-refractivity contribution in [1.82, 2.24) is 9.55 Å². The quantitative estimate of drug-likeness (QED) is 0.319. The Balaban J connectivity index is 1.89. The number of esters is 1. The summed E-state index contributed by atoms with van der Waals surface area (Å²) >= 11 is 1.66. The first-order valence-corrected chi connectivity index (χ1v) is 12.1. The summed E-state index contributed by atoms with van der Waals surface area (Å²) in [5.41, 5.74) is 3.53. The number of pyridine rings is 1. The number of rotatable bonds is 6. The molecule has 0 fully saturated rings. The van der Waals surface area contributed by atoms with Crippen LogP contribution in [0.25, 0.3) is 22.0 Å². The first-order valence-electron chi connectivity index (χ1n) is 11.1. The zero-order valence-electron chi connectivity index (χ0n) is 19.5. The van der Waals surface area contributed by atoms with Gasteiger partial charge in [0.15, 0.2) is 0 Å². The molecule has 0 saturated heterocycles. The number of fused-ring (bicyclic) bond motifs is 3. The summed E-state index contributed by atoms with van der Waals surface area (Å²) in [4.78, 5) is 20.9. The summed E-state index contributed by atoms with van der Waals surface area (Å²) in [5.74, 6) is -0.772. The van der Waals surface area contributed by atoms with E-state index in [2.05, 4.69) is 9.88 Å². The molecule has 1 aliphatic heterocycles. The third-order valence-electron chi connectivity index (χ3n) is 6.02. The number of ether oxygens (including phenoxy) is 2. The van der Waals surface area contributed by atoms with Crippen LogP contribution in [-0.4, -0.2) is 42.2 Å². The van der Waals surface area contributed by atoms with Crippen molar-refractivity contribution in [3.8, 4) is 17.0 Å². The summed E-state index contributed by atoms with van der Waals surface area (Å²) in [5, 5.41) is 0.841. The number of methoxy groups -OCH3 is 1. The van der Waals surface area contributed by atoms with E-state index in [1.165, 1.54) is 19.2 Å². The summed E-state index contributed by atoms with van der Waals surface area (Å²) in [6.45, 7) is 1.92. The highest BCUT2D eigenvalue weighted by Crippen LogP contribution is 2.49. The van der Waals surface area contributed by atoms with Crippen LogP contribution in [0.2, 0.25) is 0 Å². The van der Waals surface area contributed by atoms with Crippen LogP contribution >= 0.6 is 11.8 Å². The van der Waals surface area contributed by atoms with E-state index < -0.39 is 17.6 Å². The van der Waals surface area contributed by atoms with E-state index in [-0.39, 0.29) is 24.4 Å². The van der Waals surface area contributed by atoms with E-state index in [1.54, 1.807) is 35.5 Å². The molecule has 3 heterocycles. The van der Waals surface area contributed by atoms with Gasteiger partial charge in [-0.05, 0) is 37.3 Å². The van der Waals surface area contributed by atoms with Crippen LogP contribution in [0, 0.1) is 11.6 Å². The monoisotopic (exact) mass is 495 g/mol. The maximum Gasteiger partial charge on any atom is 0.355 e. The van der Waals surface area contributed by atoms with Gasteiger partial charge in [0.2, 0.25) is 5.88 Å². The molecule has 0 N–H and O–H groups in total. The van der Waals surface area contributed by atoms with E-state index in [0.717, 1.165) is 33.4 Å². The van der Waals surface area contributed by atoms with Crippen molar-refractivity contribution in [2.75, 3.05) is 31.5 Å². The predicted octanol–water partition coefficient (Wildman–Crippen LogP) is 5.71. The van der Waals surface area contributed by atoms with Gasteiger partial charge in [-0.3, -0.25) is 0 Å². The highest BCUT2D eigenvalue weighted by molar-refractivity contribution is 8.00. The summed E-state index contributed by atoms with van der Waals surface area (Å²) in [6.07, 6.45) is 1.62. The van der Waals surface area contributed by atoms with Crippen molar-refractivity contribution in [3.63, 3.8) is 0 Å². The molecule has 0 radical (unpaired) electrons. The molecule has 0 saturated carbocycles. The molecular formula is C26H23F2N3O3S. The van der Waals surface area contributed by atoms with E-state index in [0.29, 0.717) is 17.0 Å². The Morgan fingerprint density at radius 3 is 2.77 bits per heavy atom. The van der Waals surface area contributed by atoms with Crippen LogP contribution < -0.4 is 9.64 Å². The molecule has 6 nitrogen and oxygen atoms in total. The Labute approximate surface area is 205 Å². The lowest BCUT2D eigenvalue weighted by Gasteiger charge is -2.13. The molecule has 0 spiro atoms. The molecule has 9 heteroatoms. The fraction of sp³-hybridized carbons (Fsp3) is 0.231. The van der Waals surface area contributed by atoms with Crippen LogP contribution in [0.15, 0.2) is 53.6 Å². The summed E-state index contributed by atoms with van der Waals surface area (Å²) in [7, 11) is 3.53. The smallest absolute Gasteiger partial charge is 0.355 e. The van der Waals surface area contributed by atoms with Crippen LogP contribution in [0.4, 0.5) is 14.5 Å². The molecule has 0 bridgehead atoms. The lowest BCUT2D eigenvalue weighted by atomic mass is 10.0. The van der Waals surface area contributed by atoms with Crippen molar-refractivity contribution in [1.29, 1.82) is 0 Å². The van der Waals surface area contributed by atoms with Gasteiger partial charge < -0.3 is 18.9 Å². The minimum atomic E-state index is -0.683. The largest absolute Gasteiger partial charge is 0.481 e. The molecule has 35 heavy (non-hydrogen) atoms. The molecular weight excluding hydrogens is 472 g/mol. The van der Waals surface area contributed by atoms with Crippen LogP contribution in [0.3, 0.4) is 0 Å². The summed E-state index contributed by atoms with van der Waals surface area (Å²) in [6, 6.07) is 11.0. The van der Waals surface area contributed by atoms with Crippen LogP contribution in [0.5, 0.6) is 5.88 Å². The first kappa shape index (κ1) is 23.2. The third-order valence-corrected chi connectivity index (χ3v) is 7.24. The molecule has 2 aromatic carbocycles. The Morgan fingerprint density at radius 1 is 1.20 bits per heavy atom. The highest BCUT2D eigenvalue weighted by atomic mass is 32.2. The standard InChI is InChI=1S/C26H23F2N3O3S/c1-4-34-26(32)23-21(17-6-5-11-29-25(17)33-3)22-19(9-10-20-24(22)35-14-30(20)2)31(23)13-15-7-8-16(27)12-18(15)28/h5-12H,4,13-14H2,1-3H3. The lowest BCUT2D eigenvalue weighted by Crippen LogP contribution is -2.15. The lowest BCUT2D eigenvalue weighted by molar-refractivity contribution is 0.0516. The average molecular weight is 496 g/mol. The van der Waals surface area contributed by atoms with E-state index in [4.69, 9.17) is 9.47 Å². The number of carbonyl (C=O) groups is 1. The van der Waals surface area contributed by atoms with Crippen molar-refractivity contribution in [3.05, 3.63) is 71.6 Å². The SMILES string of the molecule is CCOC(=O)c1c(-c2cccnc2OC)c2c3c(ccc2n1Cc1ccc(F)cc1F)N(C)CS3. The topological polar surface area (TPSA) is 56.6 Å². The molecule has 1 aliphatic rings. The molecule has 0 unspecified atom stereocenters. The number of carbonyl (C=O) groups excluding carboxylic acids is 1. The van der Waals surface area contributed by atoms with Crippen molar-refractivity contribution in [2.24, 2.45) is 0 Å².